The van der Waals surface area contributed by atoms with Gasteiger partial charge in [-0.3, -0.25) is 0 Å². The highest BCUT2D eigenvalue weighted by molar-refractivity contribution is 6.10. The van der Waals surface area contributed by atoms with Crippen molar-refractivity contribution in [2.24, 2.45) is 0 Å². The number of furan rings is 2. The summed E-state index contributed by atoms with van der Waals surface area (Å²) >= 11 is 0. The molecule has 0 unspecified atom stereocenters. The first-order valence-electron chi connectivity index (χ1n) is 18.6. The lowest BCUT2D eigenvalue weighted by atomic mass is 9.93. The molecule has 2 aromatic heterocycles. The van der Waals surface area contributed by atoms with Gasteiger partial charge in [-0.05, 0) is 95.4 Å². The van der Waals surface area contributed by atoms with Crippen molar-refractivity contribution in [3.05, 3.63) is 199 Å². The predicted octanol–water partition coefficient (Wildman–Crippen LogP) is 14.3. The Morgan fingerprint density at radius 2 is 0.982 bits per heavy atom. The van der Waals surface area contributed by atoms with Crippen LogP contribution in [0.4, 0.5) is 17.1 Å². The molecule has 1 aliphatic heterocycles. The molecule has 0 radical (unpaired) electrons. The first kappa shape index (κ1) is 31.2. The molecule has 10 aromatic rings. The smallest absolute Gasteiger partial charge is 0.137 e. The van der Waals surface area contributed by atoms with Crippen LogP contribution in [-0.4, -0.2) is 0 Å². The summed E-state index contributed by atoms with van der Waals surface area (Å²) in [5.74, 6) is 1.74. The molecule has 8 aromatic carbocycles. The molecule has 0 spiro atoms. The second kappa shape index (κ2) is 12.7. The van der Waals surface area contributed by atoms with Crippen molar-refractivity contribution in [3.8, 4) is 28.0 Å². The molecule has 0 N–H and O–H groups in total. The fraction of sp³-hybridized carbons (Fsp3) is 0.0196. The molecule has 0 amide bonds. The first-order valence-corrected chi connectivity index (χ1v) is 18.6. The van der Waals surface area contributed by atoms with Crippen molar-refractivity contribution in [1.29, 1.82) is 0 Å². The third kappa shape index (κ3) is 5.30. The number of ether oxygens (including phenoxy) is 1. The van der Waals surface area contributed by atoms with Crippen LogP contribution >= 0.6 is 0 Å². The van der Waals surface area contributed by atoms with Crippen LogP contribution in [0, 0.1) is 0 Å². The lowest BCUT2D eigenvalue weighted by Gasteiger charge is -2.27. The molecule has 0 aliphatic carbocycles. The molecular weight excluding hydrogens is 675 g/mol. The molecule has 4 heteroatoms. The van der Waals surface area contributed by atoms with E-state index in [1.165, 1.54) is 11.1 Å². The highest BCUT2D eigenvalue weighted by Crippen LogP contribution is 2.46. The number of hydrogen-bond donors (Lipinski definition) is 0. The Labute approximate surface area is 317 Å². The van der Waals surface area contributed by atoms with E-state index in [-0.39, 0.29) is 0 Å². The maximum Gasteiger partial charge on any atom is 0.137 e. The van der Waals surface area contributed by atoms with Crippen LogP contribution < -0.4 is 9.64 Å². The van der Waals surface area contributed by atoms with Crippen molar-refractivity contribution < 1.29 is 13.6 Å². The normalized spacial score (nSPS) is 12.5. The zero-order chi connectivity index (χ0) is 36.3. The fourth-order valence-electron chi connectivity index (χ4n) is 8.18. The van der Waals surface area contributed by atoms with Crippen LogP contribution in [0.15, 0.2) is 197 Å². The second-order valence-electron chi connectivity index (χ2n) is 14.0. The number of hydrogen-bond acceptors (Lipinski definition) is 4. The molecule has 11 rings (SSSR count). The fourth-order valence-corrected chi connectivity index (χ4v) is 8.18. The number of para-hydroxylation sites is 1. The van der Waals surface area contributed by atoms with Gasteiger partial charge in [0.25, 0.3) is 0 Å². The molecule has 4 nitrogen and oxygen atoms in total. The van der Waals surface area contributed by atoms with E-state index in [0.29, 0.717) is 0 Å². The van der Waals surface area contributed by atoms with E-state index in [1.54, 1.807) is 0 Å². The third-order valence-corrected chi connectivity index (χ3v) is 10.8. The minimum Gasteiger partial charge on any atom is -0.457 e. The Morgan fingerprint density at radius 1 is 0.400 bits per heavy atom. The van der Waals surface area contributed by atoms with Gasteiger partial charge < -0.3 is 18.5 Å². The van der Waals surface area contributed by atoms with E-state index in [9.17, 15) is 0 Å². The Morgan fingerprint density at radius 3 is 1.78 bits per heavy atom. The Kier molecular flexibility index (Phi) is 7.20. The highest BCUT2D eigenvalue weighted by Gasteiger charge is 2.23. The summed E-state index contributed by atoms with van der Waals surface area (Å²) in [5.41, 5.74) is 13.3. The van der Waals surface area contributed by atoms with Crippen molar-refractivity contribution in [2.45, 2.75) is 6.42 Å². The van der Waals surface area contributed by atoms with Crippen molar-refractivity contribution in [1.82, 2.24) is 0 Å². The van der Waals surface area contributed by atoms with Gasteiger partial charge in [-0.2, -0.15) is 0 Å². The molecule has 0 saturated heterocycles. The van der Waals surface area contributed by atoms with E-state index in [1.807, 2.05) is 42.5 Å². The average Bonchev–Trinajstić information content (AvgIpc) is 3.82. The van der Waals surface area contributed by atoms with Crippen LogP contribution in [0.3, 0.4) is 0 Å². The maximum absolute atomic E-state index is 6.53. The molecule has 0 fully saturated rings. The van der Waals surface area contributed by atoms with E-state index >= 15 is 0 Å². The summed E-state index contributed by atoms with van der Waals surface area (Å²) in [5, 5.41) is 4.32. The van der Waals surface area contributed by atoms with Crippen LogP contribution in [0.2, 0.25) is 0 Å². The summed E-state index contributed by atoms with van der Waals surface area (Å²) < 4.78 is 19.5. The predicted molar refractivity (Wildman–Crippen MR) is 225 cm³/mol. The maximum atomic E-state index is 6.53. The zero-order valence-electron chi connectivity index (χ0n) is 29.8. The topological polar surface area (TPSA) is 38.8 Å². The Bertz CT molecular complexity index is 3080. The summed E-state index contributed by atoms with van der Waals surface area (Å²) in [6.07, 6.45) is 2.91. The summed E-state index contributed by atoms with van der Waals surface area (Å²) in [7, 11) is 0. The quantitative estimate of drug-likeness (QED) is 0.172. The first-order chi connectivity index (χ1) is 27.2. The summed E-state index contributed by atoms with van der Waals surface area (Å²) in [6.45, 7) is 0. The Hall–Kier alpha value is -7.30. The van der Waals surface area contributed by atoms with Gasteiger partial charge in [0.15, 0.2) is 0 Å². The van der Waals surface area contributed by atoms with Crippen molar-refractivity contribution in [2.75, 3.05) is 4.90 Å². The molecule has 260 valence electrons. The van der Waals surface area contributed by atoms with Gasteiger partial charge in [0.1, 0.15) is 33.8 Å². The van der Waals surface area contributed by atoms with Crippen molar-refractivity contribution in [3.63, 3.8) is 0 Å². The molecule has 0 saturated carbocycles. The van der Waals surface area contributed by atoms with E-state index in [2.05, 4.69) is 151 Å². The molecule has 55 heavy (non-hydrogen) atoms. The van der Waals surface area contributed by atoms with Gasteiger partial charge >= 0.3 is 0 Å². The number of anilines is 3. The van der Waals surface area contributed by atoms with E-state index in [0.717, 1.165) is 101 Å². The van der Waals surface area contributed by atoms with Gasteiger partial charge in [-0.1, -0.05) is 115 Å². The standard InChI is InChI=1S/C51H33NO3/c1-4-12-33(13-5-1)39-23-20-36(30-43(39)34-14-6-2-7-15-34)52(38-21-24-41-40-18-10-11-19-46(40)55-50(41)32-38)37-22-26-48-44(31-37)51-42-25-27-45(35-16-8-3-9-17-35)53-47(42)28-29-49(51)54-48/h1-24,26-32H,25H2. The van der Waals surface area contributed by atoms with Crippen LogP contribution in [0.1, 0.15) is 11.1 Å². The SMILES string of the molecule is C1=C(c2ccccc2)Oc2ccc3oc4ccc(N(c5ccc(-c6ccccc6)c(-c6ccccc6)c5)c5ccc6c(c5)oc5ccccc56)cc4c3c2C1. The number of benzene rings is 8. The van der Waals surface area contributed by atoms with E-state index < -0.39 is 0 Å². The number of rotatable bonds is 6. The summed E-state index contributed by atoms with van der Waals surface area (Å²) in [4.78, 5) is 2.32. The lowest BCUT2D eigenvalue weighted by molar-refractivity contribution is 0.499. The minimum atomic E-state index is 0.740. The Balaban J connectivity index is 1.11. The van der Waals surface area contributed by atoms with Crippen LogP contribution in [0.5, 0.6) is 5.75 Å². The molecule has 1 aliphatic rings. The highest BCUT2D eigenvalue weighted by atomic mass is 16.5. The number of nitrogens with zero attached hydrogens (tertiary/aromatic N) is 1. The number of allylic oxidation sites excluding steroid dienone is 1. The van der Waals surface area contributed by atoms with E-state index in [4.69, 9.17) is 13.6 Å². The third-order valence-electron chi connectivity index (χ3n) is 10.8. The van der Waals surface area contributed by atoms with Gasteiger partial charge in [-0.15, -0.1) is 0 Å². The largest absolute Gasteiger partial charge is 0.457 e. The van der Waals surface area contributed by atoms with Crippen LogP contribution in [0.25, 0.3) is 71.9 Å². The monoisotopic (exact) mass is 707 g/mol. The summed E-state index contributed by atoms with van der Waals surface area (Å²) in [6, 6.07) is 63.6. The molecule has 3 heterocycles. The average molecular weight is 708 g/mol. The zero-order valence-corrected chi connectivity index (χ0v) is 29.8. The molecular formula is C51H33NO3. The molecule has 0 bridgehead atoms. The van der Waals surface area contributed by atoms with Crippen molar-refractivity contribution >= 4 is 66.7 Å². The van der Waals surface area contributed by atoms with Crippen LogP contribution in [-0.2, 0) is 6.42 Å². The lowest BCUT2D eigenvalue weighted by Crippen LogP contribution is -2.10. The van der Waals surface area contributed by atoms with Gasteiger partial charge in [-0.25, -0.2) is 0 Å². The van der Waals surface area contributed by atoms with Gasteiger partial charge in [0, 0.05) is 55.8 Å². The van der Waals surface area contributed by atoms with Gasteiger partial charge in [0.2, 0.25) is 0 Å². The minimum absolute atomic E-state index is 0.740. The molecule has 0 atom stereocenters. The second-order valence-corrected chi connectivity index (χ2v) is 14.0. The van der Waals surface area contributed by atoms with Gasteiger partial charge in [0.05, 0.1) is 0 Å². The number of fused-ring (bicyclic) bond motifs is 8.